The third-order valence-electron chi connectivity index (χ3n) is 1.64. The summed E-state index contributed by atoms with van der Waals surface area (Å²) < 4.78 is 30.6. The maximum atomic E-state index is 10.9. The SMILES string of the molecule is O=S(=O)(O)C1=CC=C(Cl)C2=CNON21. The van der Waals surface area contributed by atoms with Crippen molar-refractivity contribution in [2.75, 3.05) is 0 Å². The van der Waals surface area contributed by atoms with Gasteiger partial charge in [0.15, 0.2) is 5.03 Å². The van der Waals surface area contributed by atoms with E-state index in [0.717, 1.165) is 11.1 Å². The normalized spacial score (nSPS) is 20.7. The van der Waals surface area contributed by atoms with Gasteiger partial charge in [0.25, 0.3) is 0 Å². The first-order valence-corrected chi connectivity index (χ1v) is 5.30. The summed E-state index contributed by atoms with van der Waals surface area (Å²) in [6, 6.07) is 0. The molecule has 0 bridgehead atoms. The molecule has 8 heteroatoms. The summed E-state index contributed by atoms with van der Waals surface area (Å²) in [5, 5.41) is 0.804. The molecule has 14 heavy (non-hydrogen) atoms. The monoisotopic (exact) mass is 236 g/mol. The van der Waals surface area contributed by atoms with Crippen LogP contribution in [0.3, 0.4) is 0 Å². The summed E-state index contributed by atoms with van der Waals surface area (Å²) in [6.07, 6.45) is 3.86. The Labute approximate surface area is 84.7 Å². The number of nitrogens with zero attached hydrogens (tertiary/aromatic N) is 1. The van der Waals surface area contributed by atoms with E-state index in [4.69, 9.17) is 21.1 Å². The zero-order chi connectivity index (χ0) is 10.3. The first-order valence-electron chi connectivity index (χ1n) is 3.48. The van der Waals surface area contributed by atoms with Crippen LogP contribution in [0.5, 0.6) is 0 Å². The molecule has 2 N–H and O–H groups in total. The fourth-order valence-corrected chi connectivity index (χ4v) is 1.84. The van der Waals surface area contributed by atoms with Gasteiger partial charge in [-0.2, -0.15) is 18.4 Å². The highest BCUT2D eigenvalue weighted by Gasteiger charge is 2.32. The first-order chi connectivity index (χ1) is 6.50. The molecule has 0 fully saturated rings. The Morgan fingerprint density at radius 2 is 2.21 bits per heavy atom. The van der Waals surface area contributed by atoms with Gasteiger partial charge in [-0.25, -0.2) is 5.48 Å². The van der Waals surface area contributed by atoms with Crippen LogP contribution in [0, 0.1) is 0 Å². The molecule has 0 atom stereocenters. The molecule has 2 rings (SSSR count). The van der Waals surface area contributed by atoms with Gasteiger partial charge in [0.2, 0.25) is 0 Å². The van der Waals surface area contributed by atoms with Gasteiger partial charge in [-0.15, -0.1) is 0 Å². The molecular formula is C6H5ClN2O4S. The predicted octanol–water partition coefficient (Wildman–Crippen LogP) is 0.445. The molecule has 0 radical (unpaired) electrons. The van der Waals surface area contributed by atoms with E-state index in [1.165, 1.54) is 12.3 Å². The molecule has 0 aromatic rings. The lowest BCUT2D eigenvalue weighted by Crippen LogP contribution is -2.27. The number of allylic oxidation sites excluding steroid dienone is 3. The van der Waals surface area contributed by atoms with Crippen LogP contribution in [0.4, 0.5) is 0 Å². The van der Waals surface area contributed by atoms with E-state index in [1.54, 1.807) is 0 Å². The lowest BCUT2D eigenvalue weighted by atomic mass is 10.3. The van der Waals surface area contributed by atoms with Crippen molar-refractivity contribution >= 4 is 21.7 Å². The van der Waals surface area contributed by atoms with Gasteiger partial charge in [0.05, 0.1) is 11.2 Å². The van der Waals surface area contributed by atoms with Crippen molar-refractivity contribution in [1.29, 1.82) is 0 Å². The number of hydrogen-bond acceptors (Lipinski definition) is 5. The third kappa shape index (κ3) is 1.40. The maximum Gasteiger partial charge on any atom is 0.312 e. The Balaban J connectivity index is 2.52. The highest BCUT2D eigenvalue weighted by Crippen LogP contribution is 2.31. The van der Waals surface area contributed by atoms with Crippen LogP contribution in [-0.4, -0.2) is 18.0 Å². The number of hydrogen-bond donors (Lipinski definition) is 2. The van der Waals surface area contributed by atoms with Crippen molar-refractivity contribution < 1.29 is 17.9 Å². The number of fused-ring (bicyclic) bond motifs is 1. The zero-order valence-corrected chi connectivity index (χ0v) is 8.21. The fraction of sp³-hybridized carbons (Fsp3) is 0. The summed E-state index contributed by atoms with van der Waals surface area (Å²) in [5.74, 6) is 0. The Bertz CT molecular complexity index is 464. The second-order valence-corrected chi connectivity index (χ2v) is 4.30. The fourth-order valence-electron chi connectivity index (χ4n) is 1.06. The summed E-state index contributed by atoms with van der Waals surface area (Å²) in [5.41, 5.74) is 2.64. The van der Waals surface area contributed by atoms with E-state index < -0.39 is 15.1 Å². The molecule has 0 unspecified atom stereocenters. The van der Waals surface area contributed by atoms with Crippen LogP contribution in [0.1, 0.15) is 0 Å². The number of hydroxylamine groups is 3. The van der Waals surface area contributed by atoms with Gasteiger partial charge in [-0.1, -0.05) is 11.6 Å². The summed E-state index contributed by atoms with van der Waals surface area (Å²) >= 11 is 5.74. The molecule has 6 nitrogen and oxygen atoms in total. The van der Waals surface area contributed by atoms with Crippen molar-refractivity contribution in [3.63, 3.8) is 0 Å². The van der Waals surface area contributed by atoms with Crippen molar-refractivity contribution in [3.8, 4) is 0 Å². The summed E-state index contributed by atoms with van der Waals surface area (Å²) in [6.45, 7) is 0. The van der Waals surface area contributed by atoms with Crippen molar-refractivity contribution in [2.24, 2.45) is 0 Å². The first kappa shape index (κ1) is 9.53. The number of halogens is 1. The topological polar surface area (TPSA) is 78.9 Å². The van der Waals surface area contributed by atoms with Gasteiger partial charge < -0.3 is 0 Å². The molecule has 0 saturated carbocycles. The standard InChI is InChI=1S/C6H5ClN2O4S/c7-4-1-2-6(14(10,11)12)9-5(4)3-8-13-9/h1-3,8H,(H,10,11,12). The third-order valence-corrected chi connectivity index (χ3v) is 2.79. The summed E-state index contributed by atoms with van der Waals surface area (Å²) in [4.78, 5) is 4.72. The predicted molar refractivity (Wildman–Crippen MR) is 47.7 cm³/mol. The average molecular weight is 237 g/mol. The molecular weight excluding hydrogens is 232 g/mol. The molecule has 2 aliphatic heterocycles. The number of rotatable bonds is 1. The zero-order valence-electron chi connectivity index (χ0n) is 6.64. The Morgan fingerprint density at radius 1 is 1.50 bits per heavy atom. The smallest absolute Gasteiger partial charge is 0.281 e. The minimum atomic E-state index is -4.33. The highest BCUT2D eigenvalue weighted by atomic mass is 35.5. The van der Waals surface area contributed by atoms with Crippen LogP contribution in [0.2, 0.25) is 0 Å². The van der Waals surface area contributed by atoms with Crippen molar-refractivity contribution in [3.05, 3.63) is 34.1 Å². The van der Waals surface area contributed by atoms with Crippen LogP contribution < -0.4 is 5.48 Å². The van der Waals surface area contributed by atoms with E-state index in [-0.39, 0.29) is 0 Å². The van der Waals surface area contributed by atoms with E-state index in [2.05, 4.69) is 5.48 Å². The molecule has 2 heterocycles. The molecule has 2 aliphatic rings. The van der Waals surface area contributed by atoms with E-state index in [9.17, 15) is 8.42 Å². The Kier molecular flexibility index (Phi) is 2.04. The maximum absolute atomic E-state index is 10.9. The molecule has 0 aromatic carbocycles. The van der Waals surface area contributed by atoms with Crippen molar-refractivity contribution in [1.82, 2.24) is 10.5 Å². The van der Waals surface area contributed by atoms with Crippen LogP contribution in [0.15, 0.2) is 34.1 Å². The largest absolute Gasteiger partial charge is 0.312 e. The van der Waals surface area contributed by atoms with Crippen LogP contribution in [0.25, 0.3) is 0 Å². The Hall–Kier alpha value is -1.02. The lowest BCUT2D eigenvalue weighted by molar-refractivity contribution is -0.117. The van der Waals surface area contributed by atoms with Gasteiger partial charge in [0.1, 0.15) is 5.70 Å². The van der Waals surface area contributed by atoms with E-state index >= 15 is 0 Å². The lowest BCUT2D eigenvalue weighted by Gasteiger charge is -2.21. The van der Waals surface area contributed by atoms with Gasteiger partial charge >= 0.3 is 10.1 Å². The average Bonchev–Trinajstić information content (AvgIpc) is 2.50. The second kappa shape index (κ2) is 2.99. The van der Waals surface area contributed by atoms with Gasteiger partial charge in [-0.3, -0.25) is 4.55 Å². The van der Waals surface area contributed by atoms with Crippen LogP contribution in [-0.2, 0) is 15.1 Å². The minimum absolute atomic E-state index is 0.308. The second-order valence-electron chi connectivity index (χ2n) is 2.53. The van der Waals surface area contributed by atoms with Gasteiger partial charge in [-0.05, 0) is 12.2 Å². The number of nitrogens with one attached hydrogen (secondary N) is 1. The van der Waals surface area contributed by atoms with E-state index in [0.29, 0.717) is 10.7 Å². The molecule has 0 amide bonds. The molecule has 0 saturated heterocycles. The molecule has 0 aliphatic carbocycles. The summed E-state index contributed by atoms with van der Waals surface area (Å²) in [7, 11) is -4.33. The minimum Gasteiger partial charge on any atom is -0.281 e. The molecule has 0 spiro atoms. The molecule has 76 valence electrons. The van der Waals surface area contributed by atoms with Crippen LogP contribution >= 0.6 is 11.6 Å². The Morgan fingerprint density at radius 3 is 2.86 bits per heavy atom. The highest BCUT2D eigenvalue weighted by molar-refractivity contribution is 7.89. The van der Waals surface area contributed by atoms with Crippen molar-refractivity contribution in [2.45, 2.75) is 0 Å². The quantitative estimate of drug-likeness (QED) is 0.644. The van der Waals surface area contributed by atoms with Gasteiger partial charge in [0, 0.05) is 0 Å². The molecule has 0 aromatic heterocycles. The van der Waals surface area contributed by atoms with E-state index in [1.807, 2.05) is 0 Å².